The zero-order chi connectivity index (χ0) is 15.5. The van der Waals surface area contributed by atoms with E-state index in [4.69, 9.17) is 11.6 Å². The van der Waals surface area contributed by atoms with Crippen LogP contribution in [0.25, 0.3) is 0 Å². The Kier molecular flexibility index (Phi) is 4.74. The summed E-state index contributed by atoms with van der Waals surface area (Å²) in [6, 6.07) is 1.22. The number of nitrogens with zero attached hydrogens (tertiary/aromatic N) is 2. The first kappa shape index (κ1) is 15.7. The average molecular weight is 313 g/mol. The highest BCUT2D eigenvalue weighted by Crippen LogP contribution is 2.27. The van der Waals surface area contributed by atoms with Crippen molar-refractivity contribution in [3.8, 4) is 0 Å². The molecule has 0 aromatic carbocycles. The van der Waals surface area contributed by atoms with Gasteiger partial charge in [0.2, 0.25) is 0 Å². The molecule has 1 aliphatic rings. The van der Waals surface area contributed by atoms with Gasteiger partial charge in [0.25, 0.3) is 11.6 Å². The van der Waals surface area contributed by atoms with Crippen molar-refractivity contribution < 1.29 is 9.72 Å². The van der Waals surface area contributed by atoms with Crippen LogP contribution in [0.2, 0.25) is 5.15 Å². The van der Waals surface area contributed by atoms with Crippen molar-refractivity contribution in [3.05, 3.63) is 33.1 Å². The third-order valence-electron chi connectivity index (χ3n) is 3.78. The number of piperidine rings is 1. The highest BCUT2D eigenvalue weighted by atomic mass is 35.5. The number of nitro groups is 1. The first-order valence-corrected chi connectivity index (χ1v) is 7.08. The number of hydrogen-bond acceptors (Lipinski definition) is 5. The Morgan fingerprint density at radius 3 is 2.86 bits per heavy atom. The Morgan fingerprint density at radius 2 is 2.24 bits per heavy atom. The standard InChI is InChI=1S/C13H17ClN4O3/c1-13(2-4-15-5-3-13)8-17-12(19)9-6-11(14)16-7-10(9)18(20)21/h6-7,15H,2-5,8H2,1H3,(H,17,19). The summed E-state index contributed by atoms with van der Waals surface area (Å²) >= 11 is 5.72. The van der Waals surface area contributed by atoms with E-state index in [9.17, 15) is 14.9 Å². The number of amides is 1. The monoisotopic (exact) mass is 312 g/mol. The summed E-state index contributed by atoms with van der Waals surface area (Å²) < 4.78 is 0. The first-order chi connectivity index (χ1) is 9.91. The van der Waals surface area contributed by atoms with Crippen molar-refractivity contribution in [2.24, 2.45) is 5.41 Å². The minimum absolute atomic E-state index is 0.00646. The maximum Gasteiger partial charge on any atom is 0.300 e. The van der Waals surface area contributed by atoms with Crippen LogP contribution in [0.3, 0.4) is 0 Å². The van der Waals surface area contributed by atoms with Crippen molar-refractivity contribution in [2.75, 3.05) is 19.6 Å². The molecule has 8 heteroatoms. The van der Waals surface area contributed by atoms with E-state index >= 15 is 0 Å². The smallest absolute Gasteiger partial charge is 0.300 e. The Balaban J connectivity index is 2.09. The second-order valence-corrected chi connectivity index (χ2v) is 5.91. The van der Waals surface area contributed by atoms with E-state index in [1.807, 2.05) is 0 Å². The van der Waals surface area contributed by atoms with E-state index in [0.717, 1.165) is 32.1 Å². The van der Waals surface area contributed by atoms with E-state index in [-0.39, 0.29) is 21.8 Å². The summed E-state index contributed by atoms with van der Waals surface area (Å²) in [5, 5.41) is 17.0. The maximum absolute atomic E-state index is 12.2. The van der Waals surface area contributed by atoms with Gasteiger partial charge in [-0.05, 0) is 37.4 Å². The number of pyridine rings is 1. The van der Waals surface area contributed by atoms with Crippen LogP contribution in [0.4, 0.5) is 5.69 Å². The largest absolute Gasteiger partial charge is 0.351 e. The number of carbonyl (C=O) groups excluding carboxylic acids is 1. The molecule has 0 radical (unpaired) electrons. The van der Waals surface area contributed by atoms with Crippen molar-refractivity contribution in [2.45, 2.75) is 19.8 Å². The van der Waals surface area contributed by atoms with Crippen LogP contribution >= 0.6 is 11.6 Å². The normalized spacial score (nSPS) is 17.2. The lowest BCUT2D eigenvalue weighted by Gasteiger charge is -2.34. The van der Waals surface area contributed by atoms with Gasteiger partial charge < -0.3 is 10.6 Å². The average Bonchev–Trinajstić information content (AvgIpc) is 2.45. The Bertz CT molecular complexity index is 558. The minimum Gasteiger partial charge on any atom is -0.351 e. The molecular formula is C13H17ClN4O3. The minimum atomic E-state index is -0.634. The summed E-state index contributed by atoms with van der Waals surface area (Å²) in [6.07, 6.45) is 2.91. The Morgan fingerprint density at radius 1 is 1.57 bits per heavy atom. The fraction of sp³-hybridized carbons (Fsp3) is 0.538. The van der Waals surface area contributed by atoms with Gasteiger partial charge in [-0.3, -0.25) is 14.9 Å². The summed E-state index contributed by atoms with van der Waals surface area (Å²) in [4.78, 5) is 26.1. The van der Waals surface area contributed by atoms with Gasteiger partial charge in [-0.2, -0.15) is 0 Å². The molecule has 1 aromatic heterocycles. The molecule has 1 amide bonds. The molecule has 21 heavy (non-hydrogen) atoms. The van der Waals surface area contributed by atoms with Crippen LogP contribution in [0.15, 0.2) is 12.3 Å². The zero-order valence-corrected chi connectivity index (χ0v) is 12.4. The molecule has 1 aromatic rings. The highest BCUT2D eigenvalue weighted by molar-refractivity contribution is 6.29. The van der Waals surface area contributed by atoms with E-state index in [1.165, 1.54) is 6.07 Å². The molecule has 2 rings (SSSR count). The lowest BCUT2D eigenvalue weighted by molar-refractivity contribution is -0.385. The van der Waals surface area contributed by atoms with Crippen LogP contribution < -0.4 is 10.6 Å². The Labute approximate surface area is 127 Å². The molecule has 1 fully saturated rings. The number of halogens is 1. The van der Waals surface area contributed by atoms with Crippen molar-refractivity contribution in [3.63, 3.8) is 0 Å². The third-order valence-corrected chi connectivity index (χ3v) is 3.98. The number of hydrogen-bond donors (Lipinski definition) is 2. The summed E-state index contributed by atoms with van der Waals surface area (Å²) in [6.45, 7) is 4.40. The molecule has 2 N–H and O–H groups in total. The van der Waals surface area contributed by atoms with E-state index in [0.29, 0.717) is 6.54 Å². The van der Waals surface area contributed by atoms with Crippen molar-refractivity contribution in [1.82, 2.24) is 15.6 Å². The number of rotatable bonds is 4. The molecule has 0 unspecified atom stereocenters. The SMILES string of the molecule is CC1(CNC(=O)c2cc(Cl)ncc2[N+](=O)[O-])CCNCC1. The van der Waals surface area contributed by atoms with Gasteiger partial charge in [0.05, 0.1) is 4.92 Å². The predicted octanol–water partition coefficient (Wildman–Crippen LogP) is 1.76. The van der Waals surface area contributed by atoms with E-state index in [1.54, 1.807) is 0 Å². The summed E-state index contributed by atoms with van der Waals surface area (Å²) in [7, 11) is 0. The second-order valence-electron chi connectivity index (χ2n) is 5.52. The third kappa shape index (κ3) is 3.89. The van der Waals surface area contributed by atoms with E-state index < -0.39 is 10.8 Å². The molecule has 7 nitrogen and oxygen atoms in total. The fourth-order valence-corrected chi connectivity index (χ4v) is 2.50. The van der Waals surface area contributed by atoms with Gasteiger partial charge in [0.1, 0.15) is 16.9 Å². The number of carbonyl (C=O) groups is 1. The van der Waals surface area contributed by atoms with Gasteiger partial charge in [0.15, 0.2) is 0 Å². The molecule has 0 saturated carbocycles. The van der Waals surface area contributed by atoms with Crippen LogP contribution in [-0.4, -0.2) is 35.4 Å². The molecule has 0 aliphatic carbocycles. The topological polar surface area (TPSA) is 97.2 Å². The second kappa shape index (κ2) is 6.36. The fourth-order valence-electron chi connectivity index (χ4n) is 2.35. The van der Waals surface area contributed by atoms with Crippen molar-refractivity contribution in [1.29, 1.82) is 0 Å². The summed E-state index contributed by atoms with van der Waals surface area (Å²) in [5.41, 5.74) is -0.392. The van der Waals surface area contributed by atoms with Gasteiger partial charge in [0, 0.05) is 6.54 Å². The first-order valence-electron chi connectivity index (χ1n) is 6.70. The van der Waals surface area contributed by atoms with Gasteiger partial charge >= 0.3 is 0 Å². The van der Waals surface area contributed by atoms with Gasteiger partial charge in [-0.15, -0.1) is 0 Å². The number of aromatic nitrogens is 1. The molecule has 0 spiro atoms. The quantitative estimate of drug-likeness (QED) is 0.501. The van der Waals surface area contributed by atoms with Crippen LogP contribution in [0.1, 0.15) is 30.1 Å². The predicted molar refractivity (Wildman–Crippen MR) is 78.4 cm³/mol. The molecule has 2 heterocycles. The number of nitrogens with one attached hydrogen (secondary N) is 2. The molecular weight excluding hydrogens is 296 g/mol. The van der Waals surface area contributed by atoms with Crippen LogP contribution in [0, 0.1) is 15.5 Å². The van der Waals surface area contributed by atoms with Gasteiger partial charge in [-0.1, -0.05) is 18.5 Å². The van der Waals surface area contributed by atoms with Gasteiger partial charge in [-0.25, -0.2) is 4.98 Å². The molecule has 0 atom stereocenters. The lowest BCUT2D eigenvalue weighted by atomic mass is 9.81. The Hall–Kier alpha value is -1.73. The van der Waals surface area contributed by atoms with Crippen LogP contribution in [0.5, 0.6) is 0 Å². The lowest BCUT2D eigenvalue weighted by Crippen LogP contribution is -2.43. The van der Waals surface area contributed by atoms with Crippen LogP contribution in [-0.2, 0) is 0 Å². The summed E-state index contributed by atoms with van der Waals surface area (Å²) in [5.74, 6) is -0.495. The molecule has 1 saturated heterocycles. The van der Waals surface area contributed by atoms with E-state index in [2.05, 4.69) is 22.5 Å². The molecule has 114 valence electrons. The molecule has 0 bridgehead atoms. The zero-order valence-electron chi connectivity index (χ0n) is 11.7. The van der Waals surface area contributed by atoms with Crippen molar-refractivity contribution >= 4 is 23.2 Å². The maximum atomic E-state index is 12.2. The molecule has 1 aliphatic heterocycles. The highest BCUT2D eigenvalue weighted by Gasteiger charge is 2.28.